The van der Waals surface area contributed by atoms with Gasteiger partial charge >= 0.3 is 0 Å². The second-order valence-corrected chi connectivity index (χ2v) is 4.37. The van der Waals surface area contributed by atoms with Crippen LogP contribution in [0.5, 0.6) is 0 Å². The van der Waals surface area contributed by atoms with Crippen molar-refractivity contribution in [1.82, 2.24) is 0 Å². The first kappa shape index (κ1) is 8.75. The summed E-state index contributed by atoms with van der Waals surface area (Å²) in [6.07, 6.45) is 0. The number of hydrogen-bond donors (Lipinski definition) is 1. The van der Waals surface area contributed by atoms with Crippen molar-refractivity contribution in [2.24, 2.45) is 0 Å². The van der Waals surface area contributed by atoms with Crippen LogP contribution in [0.3, 0.4) is 0 Å². The van der Waals surface area contributed by atoms with Gasteiger partial charge in [-0.3, -0.25) is 4.79 Å². The summed E-state index contributed by atoms with van der Waals surface area (Å²) in [5.41, 5.74) is 2.87. The van der Waals surface area contributed by atoms with E-state index >= 15 is 0 Å². The van der Waals surface area contributed by atoms with Crippen molar-refractivity contribution < 1.29 is 4.79 Å². The molecule has 0 spiro atoms. The van der Waals surface area contributed by atoms with E-state index in [0.29, 0.717) is 6.54 Å². The molecule has 2 rings (SSSR count). The Morgan fingerprint density at radius 1 is 1.54 bits per heavy atom. The van der Waals surface area contributed by atoms with E-state index in [1.54, 1.807) is 0 Å². The normalized spacial score (nSPS) is 20.8. The van der Waals surface area contributed by atoms with Gasteiger partial charge in [-0.2, -0.15) is 0 Å². The number of halogens is 1. The molecule has 68 valence electrons. The first-order chi connectivity index (χ1) is 6.18. The number of benzene rings is 1. The van der Waals surface area contributed by atoms with Gasteiger partial charge in [-0.05, 0) is 19.1 Å². The van der Waals surface area contributed by atoms with Gasteiger partial charge in [0.1, 0.15) is 0 Å². The van der Waals surface area contributed by atoms with E-state index in [1.807, 2.05) is 25.1 Å². The number of carbonyl (C=O) groups is 1. The SMILES string of the molecule is Cc1ccc2c(c1)C(=O)C(Br)CN2. The average molecular weight is 240 g/mol. The Balaban J connectivity index is 2.51. The smallest absolute Gasteiger partial charge is 0.180 e. The standard InChI is InChI=1S/C10H10BrNO/c1-6-2-3-9-7(4-6)10(13)8(11)5-12-9/h2-4,8,12H,5H2,1H3. The minimum atomic E-state index is -0.0817. The average Bonchev–Trinajstić information content (AvgIpc) is 2.12. The van der Waals surface area contributed by atoms with Crippen molar-refractivity contribution in [1.29, 1.82) is 0 Å². The van der Waals surface area contributed by atoms with E-state index in [4.69, 9.17) is 0 Å². The monoisotopic (exact) mass is 239 g/mol. The lowest BCUT2D eigenvalue weighted by Crippen LogP contribution is -2.29. The summed E-state index contributed by atoms with van der Waals surface area (Å²) < 4.78 is 0. The Bertz CT molecular complexity index is 362. The quantitative estimate of drug-likeness (QED) is 0.705. The molecule has 0 fully saturated rings. The lowest BCUT2D eigenvalue weighted by atomic mass is 10.00. The molecule has 1 atom stereocenters. The lowest BCUT2D eigenvalue weighted by Gasteiger charge is -2.21. The third-order valence-corrected chi connectivity index (χ3v) is 2.94. The Kier molecular flexibility index (Phi) is 2.12. The molecule has 1 aromatic carbocycles. The summed E-state index contributed by atoms with van der Waals surface area (Å²) in [5, 5.41) is 3.20. The number of fused-ring (bicyclic) bond motifs is 1. The zero-order valence-electron chi connectivity index (χ0n) is 7.30. The van der Waals surface area contributed by atoms with Crippen molar-refractivity contribution in [2.75, 3.05) is 11.9 Å². The molecule has 13 heavy (non-hydrogen) atoms. The second-order valence-electron chi connectivity index (χ2n) is 3.26. The Morgan fingerprint density at radius 3 is 3.08 bits per heavy atom. The largest absolute Gasteiger partial charge is 0.383 e. The fourth-order valence-corrected chi connectivity index (χ4v) is 1.89. The molecule has 1 heterocycles. The van der Waals surface area contributed by atoms with Crippen molar-refractivity contribution in [3.63, 3.8) is 0 Å². The van der Waals surface area contributed by atoms with Crippen LogP contribution in [0.1, 0.15) is 15.9 Å². The zero-order valence-corrected chi connectivity index (χ0v) is 8.89. The van der Waals surface area contributed by atoms with Crippen molar-refractivity contribution >= 4 is 27.4 Å². The van der Waals surface area contributed by atoms with Crippen LogP contribution in [0.15, 0.2) is 18.2 Å². The van der Waals surface area contributed by atoms with Gasteiger partial charge in [-0.15, -0.1) is 0 Å². The van der Waals surface area contributed by atoms with E-state index in [2.05, 4.69) is 21.2 Å². The number of aryl methyl sites for hydroxylation is 1. The van der Waals surface area contributed by atoms with Crippen molar-refractivity contribution in [3.8, 4) is 0 Å². The van der Waals surface area contributed by atoms with Crippen molar-refractivity contribution in [3.05, 3.63) is 29.3 Å². The van der Waals surface area contributed by atoms with E-state index in [9.17, 15) is 4.79 Å². The summed E-state index contributed by atoms with van der Waals surface area (Å²) in [7, 11) is 0. The zero-order chi connectivity index (χ0) is 9.42. The maximum Gasteiger partial charge on any atom is 0.180 e. The third kappa shape index (κ3) is 1.48. The molecule has 0 saturated carbocycles. The highest BCUT2D eigenvalue weighted by Crippen LogP contribution is 2.25. The second kappa shape index (κ2) is 3.14. The van der Waals surface area contributed by atoms with E-state index in [-0.39, 0.29) is 10.6 Å². The van der Waals surface area contributed by atoms with Crippen LogP contribution < -0.4 is 5.32 Å². The van der Waals surface area contributed by atoms with Crippen LogP contribution in [-0.4, -0.2) is 17.2 Å². The summed E-state index contributed by atoms with van der Waals surface area (Å²) in [5.74, 6) is 0.178. The summed E-state index contributed by atoms with van der Waals surface area (Å²) in [6, 6.07) is 5.90. The molecular weight excluding hydrogens is 230 g/mol. The van der Waals surface area contributed by atoms with Crippen LogP contribution in [0.25, 0.3) is 0 Å². The molecule has 1 aliphatic heterocycles. The maximum absolute atomic E-state index is 11.7. The molecule has 1 aromatic rings. The number of ketones is 1. The Labute approximate surface area is 85.5 Å². The maximum atomic E-state index is 11.7. The number of Topliss-reactive ketones (excluding diaryl/α,β-unsaturated/α-hetero) is 1. The van der Waals surface area contributed by atoms with E-state index < -0.39 is 0 Å². The molecule has 1 unspecified atom stereocenters. The Morgan fingerprint density at radius 2 is 2.31 bits per heavy atom. The first-order valence-electron chi connectivity index (χ1n) is 4.21. The summed E-state index contributed by atoms with van der Waals surface area (Å²) in [4.78, 5) is 11.6. The fourth-order valence-electron chi connectivity index (χ4n) is 1.48. The van der Waals surface area contributed by atoms with Gasteiger partial charge in [0, 0.05) is 17.8 Å². The molecule has 0 radical (unpaired) electrons. The number of hydrogen-bond acceptors (Lipinski definition) is 2. The van der Waals surface area contributed by atoms with E-state index in [0.717, 1.165) is 16.8 Å². The Hall–Kier alpha value is -0.830. The van der Waals surface area contributed by atoms with Crippen LogP contribution >= 0.6 is 15.9 Å². The molecule has 2 nitrogen and oxygen atoms in total. The van der Waals surface area contributed by atoms with Gasteiger partial charge < -0.3 is 5.32 Å². The van der Waals surface area contributed by atoms with Crippen LogP contribution in [0.2, 0.25) is 0 Å². The first-order valence-corrected chi connectivity index (χ1v) is 5.13. The lowest BCUT2D eigenvalue weighted by molar-refractivity contribution is 0.0992. The summed E-state index contributed by atoms with van der Waals surface area (Å²) >= 11 is 3.34. The van der Waals surface area contributed by atoms with E-state index in [1.165, 1.54) is 0 Å². The molecule has 1 aliphatic rings. The highest BCUT2D eigenvalue weighted by Gasteiger charge is 2.24. The van der Waals surface area contributed by atoms with Crippen LogP contribution in [0.4, 0.5) is 5.69 Å². The summed E-state index contributed by atoms with van der Waals surface area (Å²) in [6.45, 7) is 2.67. The third-order valence-electron chi connectivity index (χ3n) is 2.20. The van der Waals surface area contributed by atoms with Crippen LogP contribution in [-0.2, 0) is 0 Å². The number of alkyl halides is 1. The minimum absolute atomic E-state index is 0.0817. The molecule has 0 saturated heterocycles. The van der Waals surface area contributed by atoms with Gasteiger partial charge in [0.05, 0.1) is 4.83 Å². The molecule has 0 aromatic heterocycles. The highest BCUT2D eigenvalue weighted by molar-refractivity contribution is 9.10. The van der Waals surface area contributed by atoms with Crippen LogP contribution in [0, 0.1) is 6.92 Å². The number of anilines is 1. The molecule has 0 amide bonds. The highest BCUT2D eigenvalue weighted by atomic mass is 79.9. The number of nitrogens with one attached hydrogen (secondary N) is 1. The van der Waals surface area contributed by atoms with Gasteiger partial charge in [-0.25, -0.2) is 0 Å². The van der Waals surface area contributed by atoms with Gasteiger partial charge in [-0.1, -0.05) is 27.6 Å². The van der Waals surface area contributed by atoms with Gasteiger partial charge in [0.15, 0.2) is 5.78 Å². The molecular formula is C10H10BrNO. The predicted octanol–water partition coefficient (Wildman–Crippen LogP) is 2.37. The molecule has 0 aliphatic carbocycles. The molecule has 3 heteroatoms. The van der Waals surface area contributed by atoms with Gasteiger partial charge in [0.2, 0.25) is 0 Å². The van der Waals surface area contributed by atoms with Gasteiger partial charge in [0.25, 0.3) is 0 Å². The number of carbonyl (C=O) groups excluding carboxylic acids is 1. The predicted molar refractivity (Wildman–Crippen MR) is 56.7 cm³/mol. The molecule has 0 bridgehead atoms. The molecule has 1 N–H and O–H groups in total. The number of rotatable bonds is 0. The topological polar surface area (TPSA) is 29.1 Å². The van der Waals surface area contributed by atoms with Crippen molar-refractivity contribution in [2.45, 2.75) is 11.8 Å². The minimum Gasteiger partial charge on any atom is -0.383 e. The fraction of sp³-hybridized carbons (Fsp3) is 0.300.